The number of halogens is 1. The van der Waals surface area contributed by atoms with E-state index < -0.39 is 6.04 Å². The van der Waals surface area contributed by atoms with Crippen LogP contribution in [0.25, 0.3) is 0 Å². The van der Waals surface area contributed by atoms with Crippen LogP contribution in [-0.4, -0.2) is 13.0 Å². The summed E-state index contributed by atoms with van der Waals surface area (Å²) in [6.07, 6.45) is 0. The molecule has 0 bridgehead atoms. The van der Waals surface area contributed by atoms with Gasteiger partial charge >= 0.3 is 0 Å². The minimum Gasteiger partial charge on any atom is -0.497 e. The summed E-state index contributed by atoms with van der Waals surface area (Å²) in [5, 5.41) is 2.80. The second kappa shape index (κ2) is 5.71. The Hall–Kier alpha value is -1.50. The molecule has 3 N–H and O–H groups in total. The Morgan fingerprint density at radius 1 is 1.29 bits per heavy atom. The fraction of sp³-hybridized carbons (Fsp3) is 0.133. The van der Waals surface area contributed by atoms with E-state index in [1.807, 2.05) is 36.4 Å². The Kier molecular flexibility index (Phi) is 3.93. The fourth-order valence-corrected chi connectivity index (χ4v) is 3.60. The summed E-state index contributed by atoms with van der Waals surface area (Å²) in [4.78, 5) is 13.7. The molecule has 1 amide bonds. The van der Waals surface area contributed by atoms with Gasteiger partial charge in [0.05, 0.1) is 7.11 Å². The molecule has 0 spiro atoms. The van der Waals surface area contributed by atoms with E-state index >= 15 is 0 Å². The van der Waals surface area contributed by atoms with Gasteiger partial charge in [0, 0.05) is 25.5 Å². The maximum atomic E-state index is 11.6. The lowest BCUT2D eigenvalue weighted by molar-refractivity contribution is -0.116. The maximum Gasteiger partial charge on any atom is 0.245 e. The number of benzene rings is 2. The van der Waals surface area contributed by atoms with Gasteiger partial charge in [-0.3, -0.25) is 4.79 Å². The lowest BCUT2D eigenvalue weighted by atomic mass is 10.1. The predicted molar refractivity (Wildman–Crippen MR) is 86.8 cm³/mol. The highest BCUT2D eigenvalue weighted by atomic mass is 79.9. The topological polar surface area (TPSA) is 64.3 Å². The van der Waals surface area contributed by atoms with Crippen LogP contribution in [0.4, 0.5) is 5.69 Å². The second-order valence-corrected chi connectivity index (χ2v) is 6.58. The monoisotopic (exact) mass is 364 g/mol. The minimum absolute atomic E-state index is 0.163. The third kappa shape index (κ3) is 2.79. The largest absolute Gasteiger partial charge is 0.497 e. The molecule has 0 aromatic heterocycles. The summed E-state index contributed by atoms with van der Waals surface area (Å²) in [5.74, 6) is 0.661. The number of ether oxygens (including phenoxy) is 1. The van der Waals surface area contributed by atoms with Crippen LogP contribution in [0.1, 0.15) is 11.6 Å². The smallest absolute Gasteiger partial charge is 0.245 e. The summed E-state index contributed by atoms with van der Waals surface area (Å²) in [6, 6.07) is 11.1. The molecule has 1 unspecified atom stereocenters. The lowest BCUT2D eigenvalue weighted by Crippen LogP contribution is -2.19. The Bertz CT molecular complexity index is 704. The first-order valence-electron chi connectivity index (χ1n) is 6.30. The highest BCUT2D eigenvalue weighted by Crippen LogP contribution is 2.40. The molecule has 108 valence electrons. The summed E-state index contributed by atoms with van der Waals surface area (Å²) in [6.45, 7) is 0. The van der Waals surface area contributed by atoms with Crippen molar-refractivity contribution in [3.8, 4) is 5.75 Å². The number of nitrogens with two attached hydrogens (primary N) is 1. The quantitative estimate of drug-likeness (QED) is 0.873. The van der Waals surface area contributed by atoms with E-state index in [9.17, 15) is 4.79 Å². The van der Waals surface area contributed by atoms with Crippen LogP contribution < -0.4 is 15.8 Å². The van der Waals surface area contributed by atoms with Crippen LogP contribution >= 0.6 is 27.7 Å². The van der Waals surface area contributed by atoms with Gasteiger partial charge < -0.3 is 15.8 Å². The number of anilines is 1. The Morgan fingerprint density at radius 3 is 2.67 bits per heavy atom. The van der Waals surface area contributed by atoms with Gasteiger partial charge in [0.15, 0.2) is 0 Å². The van der Waals surface area contributed by atoms with Crippen molar-refractivity contribution in [2.24, 2.45) is 5.73 Å². The molecule has 1 aliphatic heterocycles. The second-order valence-electron chi connectivity index (χ2n) is 4.61. The van der Waals surface area contributed by atoms with Crippen LogP contribution in [0, 0.1) is 0 Å². The molecule has 4 nitrogen and oxygen atoms in total. The van der Waals surface area contributed by atoms with Crippen molar-refractivity contribution < 1.29 is 9.53 Å². The van der Waals surface area contributed by atoms with Crippen molar-refractivity contribution >= 4 is 39.3 Å². The van der Waals surface area contributed by atoms with Gasteiger partial charge in [-0.2, -0.15) is 0 Å². The van der Waals surface area contributed by atoms with Crippen LogP contribution in [0.2, 0.25) is 0 Å². The Morgan fingerprint density at radius 2 is 2.00 bits per heavy atom. The predicted octanol–water partition coefficient (Wildman–Crippen LogP) is 3.56. The molecule has 0 aliphatic carbocycles. The van der Waals surface area contributed by atoms with Gasteiger partial charge in [-0.05, 0) is 52.3 Å². The van der Waals surface area contributed by atoms with E-state index in [4.69, 9.17) is 10.5 Å². The van der Waals surface area contributed by atoms with Gasteiger partial charge in [-0.1, -0.05) is 11.8 Å². The molecule has 1 aliphatic rings. The van der Waals surface area contributed by atoms with Crippen molar-refractivity contribution in [1.82, 2.24) is 0 Å². The molecule has 6 heteroatoms. The van der Waals surface area contributed by atoms with Gasteiger partial charge in [0.1, 0.15) is 11.8 Å². The third-order valence-corrected chi connectivity index (χ3v) is 5.25. The summed E-state index contributed by atoms with van der Waals surface area (Å²) in [7, 11) is 1.64. The van der Waals surface area contributed by atoms with Crippen molar-refractivity contribution in [3.63, 3.8) is 0 Å². The van der Waals surface area contributed by atoms with Crippen LogP contribution in [-0.2, 0) is 4.79 Å². The molecule has 0 fully saturated rings. The number of nitrogens with one attached hydrogen (secondary N) is 1. The molecule has 21 heavy (non-hydrogen) atoms. The zero-order valence-electron chi connectivity index (χ0n) is 11.2. The van der Waals surface area contributed by atoms with Gasteiger partial charge in [0.25, 0.3) is 0 Å². The number of amides is 1. The van der Waals surface area contributed by atoms with E-state index in [1.165, 1.54) is 0 Å². The van der Waals surface area contributed by atoms with Crippen molar-refractivity contribution in [2.45, 2.75) is 15.8 Å². The molecule has 0 saturated heterocycles. The number of fused-ring (bicyclic) bond motifs is 1. The minimum atomic E-state index is -0.587. The Balaban J connectivity index is 1.89. The zero-order valence-corrected chi connectivity index (χ0v) is 13.6. The van der Waals surface area contributed by atoms with Gasteiger partial charge in [-0.15, -0.1) is 0 Å². The lowest BCUT2D eigenvalue weighted by Gasteiger charge is -2.09. The van der Waals surface area contributed by atoms with E-state index in [1.54, 1.807) is 18.9 Å². The van der Waals surface area contributed by atoms with Crippen LogP contribution in [0.3, 0.4) is 0 Å². The van der Waals surface area contributed by atoms with E-state index in [2.05, 4.69) is 21.2 Å². The van der Waals surface area contributed by atoms with E-state index in [-0.39, 0.29) is 5.91 Å². The maximum absolute atomic E-state index is 11.6. The normalized spacial score (nSPS) is 16.5. The number of hydrogen-bond acceptors (Lipinski definition) is 4. The van der Waals surface area contributed by atoms with Crippen LogP contribution in [0.5, 0.6) is 5.75 Å². The highest BCUT2D eigenvalue weighted by Gasteiger charge is 2.28. The zero-order chi connectivity index (χ0) is 15.0. The SMILES string of the molecule is COc1ccc(Sc2cc3c(cc2Br)C(N)C(=O)N3)cc1. The van der Waals surface area contributed by atoms with Crippen LogP contribution in [0.15, 0.2) is 50.7 Å². The first-order chi connectivity index (χ1) is 10.1. The van der Waals surface area contributed by atoms with E-state index in [0.29, 0.717) is 0 Å². The summed E-state index contributed by atoms with van der Waals surface area (Å²) < 4.78 is 6.07. The molecule has 2 aromatic rings. The highest BCUT2D eigenvalue weighted by molar-refractivity contribution is 9.10. The molecular formula is C15H13BrN2O2S. The number of carbonyl (C=O) groups is 1. The number of methoxy groups -OCH3 is 1. The summed E-state index contributed by atoms with van der Waals surface area (Å²) >= 11 is 5.15. The fourth-order valence-electron chi connectivity index (χ4n) is 2.14. The first kappa shape index (κ1) is 14.4. The average molecular weight is 365 g/mol. The molecule has 1 heterocycles. The molecule has 0 radical (unpaired) electrons. The number of carbonyl (C=O) groups excluding carboxylic acids is 1. The Labute approximate surface area is 135 Å². The van der Waals surface area contributed by atoms with Gasteiger partial charge in [-0.25, -0.2) is 0 Å². The number of hydrogen-bond donors (Lipinski definition) is 2. The standard InChI is InChI=1S/C15H13BrN2O2S/c1-20-8-2-4-9(5-3-8)21-13-7-12-10(6-11(13)16)14(17)15(19)18-12/h2-7,14H,17H2,1H3,(H,18,19). The van der Waals surface area contributed by atoms with E-state index in [0.717, 1.165) is 31.3 Å². The molecule has 2 aromatic carbocycles. The van der Waals surface area contributed by atoms with Crippen molar-refractivity contribution in [1.29, 1.82) is 0 Å². The molecular weight excluding hydrogens is 352 g/mol. The molecule has 0 saturated carbocycles. The van der Waals surface area contributed by atoms with Crippen molar-refractivity contribution in [3.05, 3.63) is 46.4 Å². The summed E-state index contributed by atoms with van der Waals surface area (Å²) in [5.41, 5.74) is 7.45. The molecule has 1 atom stereocenters. The first-order valence-corrected chi connectivity index (χ1v) is 7.91. The average Bonchev–Trinajstić information content (AvgIpc) is 2.75. The third-order valence-electron chi connectivity index (χ3n) is 3.27. The van der Waals surface area contributed by atoms with Gasteiger partial charge in [0.2, 0.25) is 5.91 Å². The van der Waals surface area contributed by atoms with Crippen molar-refractivity contribution in [2.75, 3.05) is 12.4 Å². The molecule has 3 rings (SSSR count). The number of rotatable bonds is 3.